The average molecular weight is 299 g/mol. The van der Waals surface area contributed by atoms with E-state index in [0.717, 1.165) is 17.3 Å². The molecule has 1 N–H and O–H groups in total. The molecule has 0 saturated heterocycles. The van der Waals surface area contributed by atoms with Crippen molar-refractivity contribution in [2.75, 3.05) is 11.5 Å². The second kappa shape index (κ2) is 8.87. The maximum atomic E-state index is 11.6. The molecule has 4 nitrogen and oxygen atoms in total. The number of amides is 1. The standard InChI is InChI=1S/C13H17NO3S2/c1-2-19-12(15)11(9-18)14-13(16)17-8-10-6-4-3-5-7-10/h3-7,11,18H,2,8-9H2,1H3,(H,14,16)/t11-/m0/s1. The fourth-order valence-corrected chi connectivity index (χ4v) is 2.34. The van der Waals surface area contributed by atoms with Gasteiger partial charge in [0.05, 0.1) is 0 Å². The molecule has 0 heterocycles. The van der Waals surface area contributed by atoms with E-state index in [1.165, 1.54) is 0 Å². The van der Waals surface area contributed by atoms with Crippen molar-refractivity contribution in [2.45, 2.75) is 19.6 Å². The van der Waals surface area contributed by atoms with Crippen molar-refractivity contribution >= 4 is 35.6 Å². The molecule has 1 amide bonds. The first-order chi connectivity index (χ1) is 9.17. The van der Waals surface area contributed by atoms with Gasteiger partial charge >= 0.3 is 6.09 Å². The maximum Gasteiger partial charge on any atom is 0.408 e. The highest BCUT2D eigenvalue weighted by molar-refractivity contribution is 8.13. The van der Waals surface area contributed by atoms with Crippen LogP contribution < -0.4 is 5.32 Å². The molecule has 19 heavy (non-hydrogen) atoms. The lowest BCUT2D eigenvalue weighted by Gasteiger charge is -2.14. The molecule has 0 aliphatic heterocycles. The monoisotopic (exact) mass is 299 g/mol. The minimum atomic E-state index is -0.614. The van der Waals surface area contributed by atoms with Crippen LogP contribution >= 0.6 is 24.4 Å². The number of carbonyl (C=O) groups is 2. The third-order valence-electron chi connectivity index (χ3n) is 2.26. The average Bonchev–Trinajstić information content (AvgIpc) is 2.44. The zero-order valence-electron chi connectivity index (χ0n) is 10.7. The number of hydrogen-bond acceptors (Lipinski definition) is 5. The van der Waals surface area contributed by atoms with Gasteiger partial charge in [0.25, 0.3) is 0 Å². The lowest BCUT2D eigenvalue weighted by molar-refractivity contribution is -0.112. The van der Waals surface area contributed by atoms with Crippen molar-refractivity contribution in [3.8, 4) is 0 Å². The topological polar surface area (TPSA) is 55.4 Å². The second-order valence-corrected chi connectivity index (χ2v) is 5.33. The molecular formula is C13H17NO3S2. The van der Waals surface area contributed by atoms with Crippen molar-refractivity contribution in [3.63, 3.8) is 0 Å². The first-order valence-corrected chi connectivity index (χ1v) is 7.54. The molecule has 0 spiro atoms. The van der Waals surface area contributed by atoms with Crippen molar-refractivity contribution in [2.24, 2.45) is 0 Å². The molecule has 1 atom stereocenters. The van der Waals surface area contributed by atoms with Crippen LogP contribution in [0.3, 0.4) is 0 Å². The SMILES string of the molecule is CCSC(=O)[C@H](CS)NC(=O)OCc1ccccc1. The van der Waals surface area contributed by atoms with Crippen LogP contribution in [0.1, 0.15) is 12.5 Å². The maximum absolute atomic E-state index is 11.6. The summed E-state index contributed by atoms with van der Waals surface area (Å²) in [6.45, 7) is 2.06. The third-order valence-corrected chi connectivity index (χ3v) is 3.48. The minimum absolute atomic E-state index is 0.103. The molecule has 1 aromatic rings. The summed E-state index contributed by atoms with van der Waals surface area (Å²) in [5.41, 5.74) is 0.898. The molecule has 0 radical (unpaired) electrons. The molecule has 0 aromatic heterocycles. The van der Waals surface area contributed by atoms with Crippen molar-refractivity contribution in [1.82, 2.24) is 5.32 Å². The van der Waals surface area contributed by atoms with E-state index in [1.54, 1.807) is 0 Å². The Labute approximate surface area is 122 Å². The molecule has 104 valence electrons. The summed E-state index contributed by atoms with van der Waals surface area (Å²) in [6, 6.07) is 8.74. The number of rotatable bonds is 6. The lowest BCUT2D eigenvalue weighted by Crippen LogP contribution is -2.41. The van der Waals surface area contributed by atoms with E-state index < -0.39 is 12.1 Å². The van der Waals surface area contributed by atoms with Gasteiger partial charge in [-0.1, -0.05) is 49.0 Å². The Morgan fingerprint density at radius 3 is 2.63 bits per heavy atom. The van der Waals surface area contributed by atoms with Crippen LogP contribution in [0.2, 0.25) is 0 Å². The highest BCUT2D eigenvalue weighted by Gasteiger charge is 2.19. The van der Waals surface area contributed by atoms with Gasteiger partial charge in [-0.2, -0.15) is 12.6 Å². The first kappa shape index (κ1) is 15.9. The van der Waals surface area contributed by atoms with Crippen LogP contribution in [0.5, 0.6) is 0 Å². The van der Waals surface area contributed by atoms with Crippen LogP contribution in [0, 0.1) is 0 Å². The number of thioether (sulfide) groups is 1. The van der Waals surface area contributed by atoms with E-state index in [9.17, 15) is 9.59 Å². The van der Waals surface area contributed by atoms with E-state index in [4.69, 9.17) is 4.74 Å². The Morgan fingerprint density at radius 2 is 2.05 bits per heavy atom. The Hall–Kier alpha value is -1.14. The van der Waals surface area contributed by atoms with Gasteiger partial charge in [-0.15, -0.1) is 0 Å². The molecule has 1 rings (SSSR count). The zero-order chi connectivity index (χ0) is 14.1. The molecule has 0 aliphatic carbocycles. The molecule has 0 fully saturated rings. The summed E-state index contributed by atoms with van der Waals surface area (Å²) in [5, 5.41) is 2.41. The van der Waals surface area contributed by atoms with Crippen LogP contribution in [-0.2, 0) is 16.1 Å². The second-order valence-electron chi connectivity index (χ2n) is 3.69. The van der Waals surface area contributed by atoms with Crippen LogP contribution in [-0.4, -0.2) is 28.8 Å². The molecule has 0 aliphatic rings. The fourth-order valence-electron chi connectivity index (χ4n) is 1.33. The molecule has 0 unspecified atom stereocenters. The number of ether oxygens (including phenoxy) is 1. The number of hydrogen-bond donors (Lipinski definition) is 2. The number of thiol groups is 1. The van der Waals surface area contributed by atoms with Crippen molar-refractivity contribution < 1.29 is 14.3 Å². The van der Waals surface area contributed by atoms with Gasteiger partial charge in [0, 0.05) is 5.75 Å². The molecule has 6 heteroatoms. The number of benzene rings is 1. The van der Waals surface area contributed by atoms with E-state index >= 15 is 0 Å². The smallest absolute Gasteiger partial charge is 0.408 e. The van der Waals surface area contributed by atoms with E-state index in [2.05, 4.69) is 17.9 Å². The van der Waals surface area contributed by atoms with Gasteiger partial charge in [-0.25, -0.2) is 4.79 Å². The molecule has 0 saturated carbocycles. The zero-order valence-corrected chi connectivity index (χ0v) is 12.4. The van der Waals surface area contributed by atoms with Gasteiger partial charge < -0.3 is 10.1 Å². The number of carbonyl (C=O) groups excluding carboxylic acids is 2. The van der Waals surface area contributed by atoms with E-state index in [1.807, 2.05) is 37.3 Å². The number of nitrogens with one attached hydrogen (secondary N) is 1. The predicted octanol–water partition coefficient (Wildman–Crippen LogP) is 2.49. The number of alkyl carbamates (subject to hydrolysis) is 1. The van der Waals surface area contributed by atoms with Crippen molar-refractivity contribution in [1.29, 1.82) is 0 Å². The van der Waals surface area contributed by atoms with Crippen LogP contribution in [0.4, 0.5) is 4.79 Å². The fraction of sp³-hybridized carbons (Fsp3) is 0.385. The highest BCUT2D eigenvalue weighted by Crippen LogP contribution is 2.07. The summed E-state index contributed by atoms with van der Waals surface area (Å²) >= 11 is 5.22. The summed E-state index contributed by atoms with van der Waals surface area (Å²) in [4.78, 5) is 23.2. The minimum Gasteiger partial charge on any atom is -0.445 e. The van der Waals surface area contributed by atoms with Gasteiger partial charge in [0.1, 0.15) is 12.6 Å². The largest absolute Gasteiger partial charge is 0.445 e. The third kappa shape index (κ3) is 6.02. The Kier molecular flexibility index (Phi) is 7.43. The van der Waals surface area contributed by atoms with Gasteiger partial charge in [0.15, 0.2) is 0 Å². The highest BCUT2D eigenvalue weighted by atomic mass is 32.2. The summed E-state index contributed by atoms with van der Waals surface area (Å²) in [7, 11) is 0. The normalized spacial score (nSPS) is 11.7. The molecule has 1 aromatic carbocycles. The predicted molar refractivity (Wildman–Crippen MR) is 80.5 cm³/mol. The van der Waals surface area contributed by atoms with Gasteiger partial charge in [-0.3, -0.25) is 4.79 Å². The van der Waals surface area contributed by atoms with Crippen molar-refractivity contribution in [3.05, 3.63) is 35.9 Å². The molecular weight excluding hydrogens is 282 g/mol. The summed E-state index contributed by atoms with van der Waals surface area (Å²) in [6.07, 6.45) is -0.604. The lowest BCUT2D eigenvalue weighted by atomic mass is 10.2. The summed E-state index contributed by atoms with van der Waals surface area (Å²) < 4.78 is 5.04. The summed E-state index contributed by atoms with van der Waals surface area (Å²) in [5.74, 6) is 0.927. The quantitative estimate of drug-likeness (QED) is 0.792. The van der Waals surface area contributed by atoms with E-state index in [0.29, 0.717) is 5.75 Å². The first-order valence-electron chi connectivity index (χ1n) is 5.92. The van der Waals surface area contributed by atoms with Gasteiger partial charge in [-0.05, 0) is 11.3 Å². The van der Waals surface area contributed by atoms with Gasteiger partial charge in [0.2, 0.25) is 5.12 Å². The van der Waals surface area contributed by atoms with Crippen LogP contribution in [0.25, 0.3) is 0 Å². The van der Waals surface area contributed by atoms with Crippen LogP contribution in [0.15, 0.2) is 30.3 Å². The van der Waals surface area contributed by atoms with E-state index in [-0.39, 0.29) is 17.5 Å². The Balaban J connectivity index is 2.39. The Morgan fingerprint density at radius 1 is 1.37 bits per heavy atom. The molecule has 0 bridgehead atoms. The Bertz CT molecular complexity index is 412.